The van der Waals surface area contributed by atoms with Crippen molar-refractivity contribution in [1.29, 1.82) is 0 Å². The first-order valence-corrected chi connectivity index (χ1v) is 5.17. The summed E-state index contributed by atoms with van der Waals surface area (Å²) in [5.74, 6) is -1.43. The molecular formula is C11H16O4. The summed E-state index contributed by atoms with van der Waals surface area (Å²) < 4.78 is 5.01. The quantitative estimate of drug-likeness (QED) is 0.429. The highest BCUT2D eigenvalue weighted by Gasteiger charge is 2.44. The number of cyclic esters (lactones) is 1. The zero-order valence-corrected chi connectivity index (χ0v) is 8.70. The van der Waals surface area contributed by atoms with E-state index in [0.29, 0.717) is 32.1 Å². The van der Waals surface area contributed by atoms with Gasteiger partial charge in [0, 0.05) is 6.42 Å². The molecule has 4 nitrogen and oxygen atoms in total. The predicted molar refractivity (Wildman–Crippen MR) is 54.4 cm³/mol. The molecule has 1 fully saturated rings. The summed E-state index contributed by atoms with van der Waals surface area (Å²) in [4.78, 5) is 22.2. The first-order valence-electron chi connectivity index (χ1n) is 5.17. The van der Waals surface area contributed by atoms with Gasteiger partial charge in [-0.05, 0) is 32.1 Å². The van der Waals surface area contributed by atoms with E-state index in [4.69, 9.17) is 9.84 Å². The summed E-state index contributed by atoms with van der Waals surface area (Å²) in [5.41, 5.74) is -1.28. The number of esters is 1. The molecular weight excluding hydrogens is 196 g/mol. The lowest BCUT2D eigenvalue weighted by Crippen LogP contribution is -2.45. The SMILES string of the molecule is C=CCCCC1(C(=O)O)CCCC(=O)O1. The Morgan fingerprint density at radius 1 is 1.67 bits per heavy atom. The molecule has 84 valence electrons. The van der Waals surface area contributed by atoms with Crippen LogP contribution in [0.25, 0.3) is 0 Å². The summed E-state index contributed by atoms with van der Waals surface area (Å²) in [7, 11) is 0. The molecule has 0 aromatic heterocycles. The van der Waals surface area contributed by atoms with Crippen LogP contribution in [0.1, 0.15) is 38.5 Å². The third-order valence-electron chi connectivity index (χ3n) is 2.65. The van der Waals surface area contributed by atoms with Crippen molar-refractivity contribution in [3.63, 3.8) is 0 Å². The van der Waals surface area contributed by atoms with Crippen LogP contribution in [0.4, 0.5) is 0 Å². The molecule has 1 aliphatic heterocycles. The van der Waals surface area contributed by atoms with Crippen LogP contribution in [-0.2, 0) is 14.3 Å². The van der Waals surface area contributed by atoms with Crippen LogP contribution in [0.3, 0.4) is 0 Å². The molecule has 1 rings (SSSR count). The number of carboxylic acid groups (broad SMARTS) is 1. The minimum absolute atomic E-state index is 0.330. The minimum Gasteiger partial charge on any atom is -0.478 e. The Kier molecular flexibility index (Phi) is 3.88. The van der Waals surface area contributed by atoms with E-state index in [2.05, 4.69) is 6.58 Å². The molecule has 0 aliphatic carbocycles. The second-order valence-electron chi connectivity index (χ2n) is 3.81. The molecule has 0 radical (unpaired) electrons. The molecule has 15 heavy (non-hydrogen) atoms. The van der Waals surface area contributed by atoms with E-state index >= 15 is 0 Å². The molecule has 0 amide bonds. The van der Waals surface area contributed by atoms with Crippen LogP contribution in [0, 0.1) is 0 Å². The van der Waals surface area contributed by atoms with Crippen LogP contribution >= 0.6 is 0 Å². The van der Waals surface area contributed by atoms with Gasteiger partial charge in [-0.25, -0.2) is 4.79 Å². The highest BCUT2D eigenvalue weighted by Crippen LogP contribution is 2.31. The standard InChI is InChI=1S/C11H16O4/c1-2-3-4-7-11(10(13)14)8-5-6-9(12)15-11/h2H,1,3-8H2,(H,13,14). The second-order valence-corrected chi connectivity index (χ2v) is 3.81. The molecule has 1 saturated heterocycles. The average Bonchev–Trinajstić information content (AvgIpc) is 2.18. The van der Waals surface area contributed by atoms with E-state index in [-0.39, 0.29) is 0 Å². The van der Waals surface area contributed by atoms with Crippen LogP contribution in [0.5, 0.6) is 0 Å². The molecule has 1 unspecified atom stereocenters. The maximum atomic E-state index is 11.1. The van der Waals surface area contributed by atoms with E-state index in [1.807, 2.05) is 0 Å². The highest BCUT2D eigenvalue weighted by atomic mass is 16.6. The fraction of sp³-hybridized carbons (Fsp3) is 0.636. The number of rotatable bonds is 5. The van der Waals surface area contributed by atoms with Gasteiger partial charge in [0.25, 0.3) is 0 Å². The van der Waals surface area contributed by atoms with Gasteiger partial charge in [-0.15, -0.1) is 6.58 Å². The van der Waals surface area contributed by atoms with Crippen molar-refractivity contribution in [2.24, 2.45) is 0 Å². The zero-order valence-electron chi connectivity index (χ0n) is 8.70. The highest BCUT2D eigenvalue weighted by molar-refractivity contribution is 5.83. The Bertz CT molecular complexity index is 272. The van der Waals surface area contributed by atoms with Gasteiger partial charge in [0.15, 0.2) is 0 Å². The maximum absolute atomic E-state index is 11.1. The smallest absolute Gasteiger partial charge is 0.348 e. The van der Waals surface area contributed by atoms with E-state index in [0.717, 1.165) is 6.42 Å². The minimum atomic E-state index is -1.28. The summed E-state index contributed by atoms with van der Waals surface area (Å²) >= 11 is 0. The Morgan fingerprint density at radius 2 is 2.40 bits per heavy atom. The van der Waals surface area contributed by atoms with Crippen LogP contribution in [-0.4, -0.2) is 22.6 Å². The van der Waals surface area contributed by atoms with E-state index < -0.39 is 17.5 Å². The number of carbonyl (C=O) groups excluding carboxylic acids is 1. The monoisotopic (exact) mass is 212 g/mol. The molecule has 0 aromatic carbocycles. The van der Waals surface area contributed by atoms with Crippen LogP contribution in [0.2, 0.25) is 0 Å². The van der Waals surface area contributed by atoms with Crippen molar-refractivity contribution in [1.82, 2.24) is 0 Å². The number of ether oxygens (including phenoxy) is 1. The summed E-state index contributed by atoms with van der Waals surface area (Å²) in [5, 5.41) is 9.10. The molecule has 4 heteroatoms. The molecule has 0 aromatic rings. The van der Waals surface area contributed by atoms with Crippen LogP contribution < -0.4 is 0 Å². The summed E-state index contributed by atoms with van der Waals surface area (Å²) in [6.45, 7) is 3.57. The van der Waals surface area contributed by atoms with Gasteiger partial charge in [0.05, 0.1) is 0 Å². The van der Waals surface area contributed by atoms with Crippen LogP contribution in [0.15, 0.2) is 12.7 Å². The van der Waals surface area contributed by atoms with Crippen molar-refractivity contribution >= 4 is 11.9 Å². The maximum Gasteiger partial charge on any atom is 0.348 e. The Hall–Kier alpha value is -1.32. The van der Waals surface area contributed by atoms with Crippen molar-refractivity contribution in [3.05, 3.63) is 12.7 Å². The Balaban J connectivity index is 2.64. The number of aliphatic carboxylic acids is 1. The Labute approximate surface area is 88.9 Å². The van der Waals surface area contributed by atoms with Gasteiger partial charge in [-0.2, -0.15) is 0 Å². The lowest BCUT2D eigenvalue weighted by molar-refractivity contribution is -0.186. The normalized spacial score (nSPS) is 25.7. The van der Waals surface area contributed by atoms with Gasteiger partial charge in [-0.3, -0.25) is 4.79 Å². The molecule has 1 heterocycles. The first kappa shape index (κ1) is 11.8. The molecule has 0 saturated carbocycles. The van der Waals surface area contributed by atoms with Crippen molar-refractivity contribution in [2.45, 2.75) is 44.1 Å². The van der Waals surface area contributed by atoms with Gasteiger partial charge >= 0.3 is 11.9 Å². The Morgan fingerprint density at radius 3 is 2.93 bits per heavy atom. The van der Waals surface area contributed by atoms with Gasteiger partial charge in [0.1, 0.15) is 0 Å². The van der Waals surface area contributed by atoms with Crippen molar-refractivity contribution in [3.8, 4) is 0 Å². The number of carbonyl (C=O) groups is 2. The topological polar surface area (TPSA) is 63.6 Å². The molecule has 1 aliphatic rings. The van der Waals surface area contributed by atoms with Crippen molar-refractivity contribution < 1.29 is 19.4 Å². The number of hydrogen-bond donors (Lipinski definition) is 1. The third-order valence-corrected chi connectivity index (χ3v) is 2.65. The summed E-state index contributed by atoms with van der Waals surface area (Å²) in [6.07, 6.45) is 4.89. The third kappa shape index (κ3) is 2.81. The van der Waals surface area contributed by atoms with Gasteiger partial charge in [-0.1, -0.05) is 6.08 Å². The largest absolute Gasteiger partial charge is 0.478 e. The molecule has 0 spiro atoms. The second kappa shape index (κ2) is 4.96. The molecule has 1 N–H and O–H groups in total. The predicted octanol–water partition coefficient (Wildman–Crippen LogP) is 1.89. The molecule has 0 bridgehead atoms. The van der Waals surface area contributed by atoms with E-state index in [9.17, 15) is 9.59 Å². The number of unbranched alkanes of at least 4 members (excludes halogenated alkanes) is 1. The number of hydrogen-bond acceptors (Lipinski definition) is 3. The fourth-order valence-corrected chi connectivity index (χ4v) is 1.80. The number of allylic oxidation sites excluding steroid dienone is 1. The number of carboxylic acids is 1. The average molecular weight is 212 g/mol. The lowest BCUT2D eigenvalue weighted by atomic mass is 9.88. The van der Waals surface area contributed by atoms with E-state index in [1.165, 1.54) is 0 Å². The van der Waals surface area contributed by atoms with Gasteiger partial charge < -0.3 is 9.84 Å². The first-order chi connectivity index (χ1) is 7.10. The lowest BCUT2D eigenvalue weighted by Gasteiger charge is -2.32. The zero-order chi connectivity index (χ0) is 11.3. The molecule has 1 atom stereocenters. The van der Waals surface area contributed by atoms with Gasteiger partial charge in [0.2, 0.25) is 5.60 Å². The summed E-state index contributed by atoms with van der Waals surface area (Å²) in [6, 6.07) is 0. The van der Waals surface area contributed by atoms with Crippen molar-refractivity contribution in [2.75, 3.05) is 0 Å². The fourth-order valence-electron chi connectivity index (χ4n) is 1.80. The van der Waals surface area contributed by atoms with E-state index in [1.54, 1.807) is 6.08 Å².